The molecule has 0 spiro atoms. The summed E-state index contributed by atoms with van der Waals surface area (Å²) in [6.07, 6.45) is 0.922. The molecule has 3 nitrogen and oxygen atoms in total. The van der Waals surface area contributed by atoms with E-state index in [1.807, 2.05) is 31.2 Å². The van der Waals surface area contributed by atoms with E-state index in [9.17, 15) is 9.90 Å². The van der Waals surface area contributed by atoms with Crippen LogP contribution >= 0.6 is 27.7 Å². The Morgan fingerprint density at radius 3 is 2.56 bits per heavy atom. The Morgan fingerprint density at radius 1 is 1.44 bits per heavy atom. The summed E-state index contributed by atoms with van der Waals surface area (Å²) < 4.78 is 1.02. The molecule has 2 N–H and O–H groups in total. The number of carboxylic acid groups (broad SMARTS) is 1. The second kappa shape index (κ2) is 7.16. The van der Waals surface area contributed by atoms with Crippen molar-refractivity contribution in [3.63, 3.8) is 0 Å². The molecule has 0 saturated carbocycles. The summed E-state index contributed by atoms with van der Waals surface area (Å²) in [6, 6.07) is 7.88. The molecule has 1 rings (SSSR count). The minimum atomic E-state index is -0.881. The smallest absolute Gasteiger partial charge is 0.324 e. The summed E-state index contributed by atoms with van der Waals surface area (Å²) >= 11 is 4.93. The van der Waals surface area contributed by atoms with Crippen molar-refractivity contribution in [1.82, 2.24) is 5.32 Å². The van der Waals surface area contributed by atoms with E-state index < -0.39 is 11.5 Å². The van der Waals surface area contributed by atoms with Gasteiger partial charge in [0.25, 0.3) is 0 Å². The van der Waals surface area contributed by atoms with E-state index in [1.54, 1.807) is 18.7 Å². The van der Waals surface area contributed by atoms with E-state index in [0.717, 1.165) is 15.8 Å². The highest BCUT2D eigenvalue weighted by Gasteiger charge is 2.32. The number of carboxylic acids is 1. The van der Waals surface area contributed by atoms with Gasteiger partial charge in [0, 0.05) is 15.1 Å². The van der Waals surface area contributed by atoms with Gasteiger partial charge in [-0.3, -0.25) is 4.79 Å². The van der Waals surface area contributed by atoms with Gasteiger partial charge in [-0.15, -0.1) is 11.8 Å². The molecule has 1 aromatic carbocycles. The van der Waals surface area contributed by atoms with Crippen LogP contribution in [0.2, 0.25) is 0 Å². The first-order chi connectivity index (χ1) is 8.48. The molecule has 0 aliphatic rings. The van der Waals surface area contributed by atoms with Crippen molar-refractivity contribution in [1.29, 1.82) is 0 Å². The fourth-order valence-electron chi connectivity index (χ4n) is 1.35. The second-order valence-electron chi connectivity index (χ2n) is 4.31. The Morgan fingerprint density at radius 2 is 2.06 bits per heavy atom. The van der Waals surface area contributed by atoms with E-state index >= 15 is 0 Å². The maximum atomic E-state index is 11.3. The lowest BCUT2D eigenvalue weighted by Crippen LogP contribution is -2.51. The first-order valence-corrected chi connectivity index (χ1v) is 7.62. The van der Waals surface area contributed by atoms with Crippen molar-refractivity contribution in [3.8, 4) is 0 Å². The predicted octanol–water partition coefficient (Wildman–Crippen LogP) is 3.38. The minimum absolute atomic E-state index is 0.504. The Balaban J connectivity index is 2.62. The van der Waals surface area contributed by atoms with Crippen molar-refractivity contribution in [2.45, 2.75) is 30.7 Å². The Labute approximate surface area is 120 Å². The van der Waals surface area contributed by atoms with Gasteiger partial charge >= 0.3 is 5.97 Å². The number of carbonyl (C=O) groups is 1. The largest absolute Gasteiger partial charge is 0.480 e. The van der Waals surface area contributed by atoms with Crippen LogP contribution in [0, 0.1) is 0 Å². The van der Waals surface area contributed by atoms with Crippen LogP contribution < -0.4 is 5.32 Å². The Bertz CT molecular complexity index is 396. The molecule has 1 unspecified atom stereocenters. The standard InChI is InChI=1S/C13H18BrNO2S/c1-3-8-15-13(2,12(16)17)9-18-11-6-4-10(14)5-7-11/h4-7,15H,3,8-9H2,1-2H3,(H,16,17). The molecule has 0 aromatic heterocycles. The number of hydrogen-bond acceptors (Lipinski definition) is 3. The normalized spacial score (nSPS) is 14.2. The molecule has 0 amide bonds. The lowest BCUT2D eigenvalue weighted by Gasteiger charge is -2.25. The molecule has 0 aliphatic heterocycles. The van der Waals surface area contributed by atoms with Crippen LogP contribution in [0.15, 0.2) is 33.6 Å². The van der Waals surface area contributed by atoms with Gasteiger partial charge in [0.05, 0.1) is 0 Å². The number of thioether (sulfide) groups is 1. The van der Waals surface area contributed by atoms with E-state index in [0.29, 0.717) is 12.3 Å². The fourth-order valence-corrected chi connectivity index (χ4v) is 2.62. The van der Waals surface area contributed by atoms with Gasteiger partial charge in [0.1, 0.15) is 5.54 Å². The molecule has 0 aliphatic carbocycles. The zero-order chi connectivity index (χ0) is 13.6. The molecule has 100 valence electrons. The van der Waals surface area contributed by atoms with Gasteiger partial charge in [0.15, 0.2) is 0 Å². The fraction of sp³-hybridized carbons (Fsp3) is 0.462. The maximum absolute atomic E-state index is 11.3. The molecule has 0 fully saturated rings. The molecule has 1 aromatic rings. The molecule has 0 saturated heterocycles. The van der Waals surface area contributed by atoms with Crippen molar-refractivity contribution in [3.05, 3.63) is 28.7 Å². The third-order valence-electron chi connectivity index (χ3n) is 2.58. The lowest BCUT2D eigenvalue weighted by atomic mass is 10.1. The van der Waals surface area contributed by atoms with Crippen LogP contribution in [0.1, 0.15) is 20.3 Å². The number of hydrogen-bond donors (Lipinski definition) is 2. The zero-order valence-electron chi connectivity index (χ0n) is 10.6. The molecule has 0 heterocycles. The van der Waals surface area contributed by atoms with Crippen molar-refractivity contribution >= 4 is 33.7 Å². The highest BCUT2D eigenvalue weighted by Crippen LogP contribution is 2.24. The van der Waals surface area contributed by atoms with Crippen LogP contribution in [0.3, 0.4) is 0 Å². The van der Waals surface area contributed by atoms with Gasteiger partial charge in [-0.05, 0) is 44.2 Å². The summed E-state index contributed by atoms with van der Waals surface area (Å²) in [4.78, 5) is 12.4. The first-order valence-electron chi connectivity index (χ1n) is 5.85. The van der Waals surface area contributed by atoms with Crippen molar-refractivity contribution < 1.29 is 9.90 Å². The van der Waals surface area contributed by atoms with Gasteiger partial charge in [-0.25, -0.2) is 0 Å². The number of nitrogens with one attached hydrogen (secondary N) is 1. The number of aliphatic carboxylic acids is 1. The maximum Gasteiger partial charge on any atom is 0.324 e. The third kappa shape index (κ3) is 4.63. The number of halogens is 1. The van der Waals surface area contributed by atoms with Crippen molar-refractivity contribution in [2.75, 3.05) is 12.3 Å². The monoisotopic (exact) mass is 331 g/mol. The highest BCUT2D eigenvalue weighted by atomic mass is 79.9. The summed E-state index contributed by atoms with van der Waals surface area (Å²) in [5, 5.41) is 12.4. The van der Waals surface area contributed by atoms with Gasteiger partial charge in [-0.2, -0.15) is 0 Å². The molecular formula is C13H18BrNO2S. The Kier molecular flexibility index (Phi) is 6.18. The quantitative estimate of drug-likeness (QED) is 0.752. The zero-order valence-corrected chi connectivity index (χ0v) is 13.0. The van der Waals surface area contributed by atoms with E-state index in [2.05, 4.69) is 21.2 Å². The van der Waals surface area contributed by atoms with E-state index in [4.69, 9.17) is 0 Å². The molecule has 5 heteroatoms. The third-order valence-corrected chi connectivity index (χ3v) is 4.43. The number of rotatable bonds is 7. The molecule has 1 atom stereocenters. The van der Waals surface area contributed by atoms with Crippen LogP contribution in [0.25, 0.3) is 0 Å². The number of benzene rings is 1. The topological polar surface area (TPSA) is 49.3 Å². The second-order valence-corrected chi connectivity index (χ2v) is 6.27. The molecule has 0 radical (unpaired) electrons. The lowest BCUT2D eigenvalue weighted by molar-refractivity contribution is -0.143. The van der Waals surface area contributed by atoms with Crippen LogP contribution in [0.5, 0.6) is 0 Å². The van der Waals surface area contributed by atoms with Crippen LogP contribution in [0.4, 0.5) is 0 Å². The van der Waals surface area contributed by atoms with Gasteiger partial charge < -0.3 is 10.4 Å². The average molecular weight is 332 g/mol. The summed E-state index contributed by atoms with van der Waals surface area (Å²) in [6.45, 7) is 4.47. The molecule has 18 heavy (non-hydrogen) atoms. The van der Waals surface area contributed by atoms with E-state index in [-0.39, 0.29) is 0 Å². The van der Waals surface area contributed by atoms with E-state index in [1.165, 1.54) is 0 Å². The minimum Gasteiger partial charge on any atom is -0.480 e. The predicted molar refractivity (Wildman–Crippen MR) is 79.2 cm³/mol. The SMILES string of the molecule is CCCNC(C)(CSc1ccc(Br)cc1)C(=O)O. The highest BCUT2D eigenvalue weighted by molar-refractivity contribution is 9.10. The molecular weight excluding hydrogens is 314 g/mol. The Hall–Kier alpha value is -0.520. The summed E-state index contributed by atoms with van der Waals surface area (Å²) in [5.74, 6) is -0.301. The van der Waals surface area contributed by atoms with Gasteiger partial charge in [0.2, 0.25) is 0 Å². The average Bonchev–Trinajstić information content (AvgIpc) is 2.35. The molecule has 0 bridgehead atoms. The van der Waals surface area contributed by atoms with Crippen LogP contribution in [-0.2, 0) is 4.79 Å². The van der Waals surface area contributed by atoms with Crippen molar-refractivity contribution in [2.24, 2.45) is 0 Å². The summed E-state index contributed by atoms with van der Waals surface area (Å²) in [7, 11) is 0. The summed E-state index contributed by atoms with van der Waals surface area (Å²) in [5.41, 5.74) is -0.881. The first kappa shape index (κ1) is 15.5. The van der Waals surface area contributed by atoms with Gasteiger partial charge in [-0.1, -0.05) is 22.9 Å². The van der Waals surface area contributed by atoms with Crippen LogP contribution in [-0.4, -0.2) is 28.9 Å².